The zero-order valence-corrected chi connectivity index (χ0v) is 27.7. The number of nitrogens with one attached hydrogen (secondary N) is 1. The van der Waals surface area contributed by atoms with Crippen LogP contribution in [0.4, 0.5) is 11.4 Å². The topological polar surface area (TPSA) is 125 Å². The molecule has 0 spiro atoms. The first-order chi connectivity index (χ1) is 21.6. The van der Waals surface area contributed by atoms with Crippen molar-refractivity contribution in [2.24, 2.45) is 4.99 Å². The van der Waals surface area contributed by atoms with Gasteiger partial charge in [-0.05, 0) is 82.2 Å². The third-order valence-electron chi connectivity index (χ3n) is 7.81. The molecular formula is C33H41N4O6PS. The zero-order chi connectivity index (χ0) is 32.0. The Morgan fingerprint density at radius 2 is 1.64 bits per heavy atom. The van der Waals surface area contributed by atoms with E-state index in [0.29, 0.717) is 51.9 Å². The number of fused-ring (bicyclic) bond motifs is 1. The van der Waals surface area contributed by atoms with Crippen LogP contribution in [-0.2, 0) is 23.6 Å². The second-order valence-electron chi connectivity index (χ2n) is 11.0. The third kappa shape index (κ3) is 7.68. The van der Waals surface area contributed by atoms with Crippen molar-refractivity contribution in [3.8, 4) is 5.88 Å². The van der Waals surface area contributed by atoms with E-state index in [1.807, 2.05) is 30.3 Å². The number of aromatic hydroxyl groups is 1. The van der Waals surface area contributed by atoms with Crippen LogP contribution in [0.5, 0.6) is 5.88 Å². The summed E-state index contributed by atoms with van der Waals surface area (Å²) in [6, 6.07) is 21.6. The maximum atomic E-state index is 13.6. The number of benzene rings is 3. The zero-order valence-electron chi connectivity index (χ0n) is 26.0. The summed E-state index contributed by atoms with van der Waals surface area (Å²) in [6.07, 6.45) is 4.73. The number of sulfonamides is 1. The summed E-state index contributed by atoms with van der Waals surface area (Å²) in [5.41, 5.74) is 3.43. The fraction of sp³-hybridized carbons (Fsp3) is 0.364. The van der Waals surface area contributed by atoms with Gasteiger partial charge in [-0.1, -0.05) is 36.8 Å². The summed E-state index contributed by atoms with van der Waals surface area (Å²) in [5.74, 6) is -0.0926. The fourth-order valence-electron chi connectivity index (χ4n) is 5.69. The average Bonchev–Trinajstić information content (AvgIpc) is 3.36. The van der Waals surface area contributed by atoms with Crippen molar-refractivity contribution in [1.82, 2.24) is 9.88 Å². The minimum absolute atomic E-state index is 0.0926. The van der Waals surface area contributed by atoms with Crippen molar-refractivity contribution in [3.63, 3.8) is 0 Å². The van der Waals surface area contributed by atoms with Gasteiger partial charge in [0.25, 0.3) is 0 Å². The van der Waals surface area contributed by atoms with Crippen molar-refractivity contribution in [2.45, 2.75) is 33.1 Å². The van der Waals surface area contributed by atoms with Crippen molar-refractivity contribution < 1.29 is 27.1 Å². The highest BCUT2D eigenvalue weighted by molar-refractivity contribution is 7.92. The van der Waals surface area contributed by atoms with Gasteiger partial charge < -0.3 is 24.0 Å². The number of aromatic nitrogens is 1. The Morgan fingerprint density at radius 1 is 0.978 bits per heavy atom. The Kier molecular flexibility index (Phi) is 10.5. The Bertz CT molecular complexity index is 1780. The summed E-state index contributed by atoms with van der Waals surface area (Å²) in [4.78, 5) is 10.3. The van der Waals surface area contributed by atoms with Gasteiger partial charge in [0.1, 0.15) is 0 Å². The monoisotopic (exact) mass is 652 g/mol. The van der Waals surface area contributed by atoms with E-state index in [-0.39, 0.29) is 19.1 Å². The number of likely N-dealkylation sites (tertiary alicyclic amines) is 1. The maximum Gasteiger partial charge on any atom is 0.361 e. The Hall–Kier alpha value is -3.47. The molecule has 0 aliphatic carbocycles. The highest BCUT2D eigenvalue weighted by Crippen LogP contribution is 2.47. The third-order valence-corrected chi connectivity index (χ3v) is 11.1. The van der Waals surface area contributed by atoms with Crippen LogP contribution in [-0.4, -0.2) is 74.8 Å². The molecule has 0 bridgehead atoms. The molecular weight excluding hydrogens is 611 g/mol. The number of piperidine rings is 1. The molecule has 1 aromatic heterocycles. The summed E-state index contributed by atoms with van der Waals surface area (Å²) in [6.45, 7) is 6.96. The van der Waals surface area contributed by atoms with Crippen molar-refractivity contribution in [2.75, 3.05) is 50.0 Å². The van der Waals surface area contributed by atoms with Crippen molar-refractivity contribution in [1.29, 1.82) is 0 Å². The molecule has 240 valence electrons. The van der Waals surface area contributed by atoms with Crippen LogP contribution in [0.25, 0.3) is 10.9 Å². The average molecular weight is 653 g/mol. The van der Waals surface area contributed by atoms with Gasteiger partial charge in [0.15, 0.2) is 5.88 Å². The van der Waals surface area contributed by atoms with Crippen LogP contribution in [0.2, 0.25) is 0 Å². The molecule has 1 fully saturated rings. The summed E-state index contributed by atoms with van der Waals surface area (Å²) >= 11 is 0. The van der Waals surface area contributed by atoms with E-state index in [1.54, 1.807) is 56.3 Å². The summed E-state index contributed by atoms with van der Waals surface area (Å²) in [5, 5.41) is 12.1. The van der Waals surface area contributed by atoms with Gasteiger partial charge in [-0.3, -0.25) is 8.87 Å². The number of H-pyrrole nitrogens is 1. The Morgan fingerprint density at radius 3 is 2.27 bits per heavy atom. The highest BCUT2D eigenvalue weighted by Gasteiger charge is 2.29. The van der Waals surface area contributed by atoms with Crippen molar-refractivity contribution >= 4 is 50.9 Å². The van der Waals surface area contributed by atoms with Crippen LogP contribution in [0.3, 0.4) is 0 Å². The molecule has 0 unspecified atom stereocenters. The lowest BCUT2D eigenvalue weighted by Gasteiger charge is -2.30. The van der Waals surface area contributed by atoms with E-state index < -0.39 is 17.6 Å². The normalized spacial score (nSPS) is 15.0. The summed E-state index contributed by atoms with van der Waals surface area (Å²) < 4.78 is 51.7. The number of aliphatic imine (C=N–C) groups is 1. The molecule has 4 aromatic rings. The maximum absolute atomic E-state index is 13.6. The van der Waals surface area contributed by atoms with Crippen LogP contribution in [0.15, 0.2) is 77.8 Å². The fourth-order valence-corrected chi connectivity index (χ4v) is 8.20. The predicted octanol–water partition coefficient (Wildman–Crippen LogP) is 6.19. The SMILES string of the molecule is CCOP(=O)(OCC)c1ccc2[nH]c(O)c(C(=Nc3ccc(N(CCN4CCCCC4)S(C)(=O)=O)cc3)c3ccccc3)c2c1. The molecule has 2 heterocycles. The van der Waals surface area contributed by atoms with E-state index in [1.165, 1.54) is 17.0 Å². The molecule has 1 aliphatic rings. The number of rotatable bonds is 13. The molecule has 0 atom stereocenters. The largest absolute Gasteiger partial charge is 0.494 e. The first-order valence-electron chi connectivity index (χ1n) is 15.3. The number of hydrogen-bond donors (Lipinski definition) is 2. The molecule has 1 saturated heterocycles. The van der Waals surface area contributed by atoms with Crippen LogP contribution in [0, 0.1) is 0 Å². The van der Waals surface area contributed by atoms with Gasteiger partial charge >= 0.3 is 7.60 Å². The van der Waals surface area contributed by atoms with Gasteiger partial charge in [-0.15, -0.1) is 0 Å². The molecule has 12 heteroatoms. The number of aromatic amines is 1. The molecule has 1 aliphatic heterocycles. The standard InChI is InChI=1S/C33H41N4O6PS/c1-4-42-44(39,43-5-2)28-18-19-30-29(24-28)31(33(38)35-30)32(25-12-8-6-9-13-25)34-26-14-16-27(17-15-26)37(45(3,40)41)23-22-36-20-10-7-11-21-36/h6,8-9,12-19,24,35,38H,4-5,7,10-11,20-23H2,1-3H3. The lowest BCUT2D eigenvalue weighted by Crippen LogP contribution is -2.40. The first kappa shape index (κ1) is 32.9. The van der Waals surface area contributed by atoms with E-state index in [9.17, 15) is 18.1 Å². The van der Waals surface area contributed by atoms with E-state index in [2.05, 4.69) is 9.88 Å². The van der Waals surface area contributed by atoms with E-state index >= 15 is 0 Å². The number of anilines is 1. The minimum atomic E-state index is -3.59. The number of hydrogen-bond acceptors (Lipinski definition) is 8. The van der Waals surface area contributed by atoms with Gasteiger partial charge in [0, 0.05) is 29.6 Å². The lowest BCUT2D eigenvalue weighted by molar-refractivity contribution is 0.230. The van der Waals surface area contributed by atoms with Crippen molar-refractivity contribution in [3.05, 3.63) is 83.9 Å². The number of nitrogens with zero attached hydrogens (tertiary/aromatic N) is 3. The van der Waals surface area contributed by atoms with Crippen LogP contribution in [0.1, 0.15) is 44.2 Å². The quantitative estimate of drug-likeness (QED) is 0.130. The lowest BCUT2D eigenvalue weighted by atomic mass is 10.0. The predicted molar refractivity (Wildman–Crippen MR) is 181 cm³/mol. The minimum Gasteiger partial charge on any atom is -0.494 e. The molecule has 0 amide bonds. The Labute approximate surface area is 265 Å². The molecule has 45 heavy (non-hydrogen) atoms. The van der Waals surface area contributed by atoms with Crippen LogP contribution < -0.4 is 9.61 Å². The van der Waals surface area contributed by atoms with Gasteiger partial charge in [0.2, 0.25) is 10.0 Å². The second kappa shape index (κ2) is 14.3. The molecule has 10 nitrogen and oxygen atoms in total. The van der Waals surface area contributed by atoms with Gasteiger partial charge in [-0.25, -0.2) is 13.4 Å². The molecule has 0 saturated carbocycles. The summed E-state index contributed by atoms with van der Waals surface area (Å²) in [7, 11) is -7.09. The van der Waals surface area contributed by atoms with Gasteiger partial charge in [0.05, 0.1) is 47.4 Å². The Balaban J connectivity index is 1.55. The first-order valence-corrected chi connectivity index (χ1v) is 18.7. The van der Waals surface area contributed by atoms with Crippen LogP contribution >= 0.6 is 7.60 Å². The molecule has 2 N–H and O–H groups in total. The van der Waals surface area contributed by atoms with E-state index in [0.717, 1.165) is 31.5 Å². The highest BCUT2D eigenvalue weighted by atomic mass is 32.2. The second-order valence-corrected chi connectivity index (χ2v) is 14.9. The molecule has 0 radical (unpaired) electrons. The molecule has 5 rings (SSSR count). The van der Waals surface area contributed by atoms with Gasteiger partial charge in [-0.2, -0.15) is 0 Å². The molecule has 3 aromatic carbocycles. The van der Waals surface area contributed by atoms with E-state index in [4.69, 9.17) is 14.0 Å². The smallest absolute Gasteiger partial charge is 0.361 e.